The van der Waals surface area contributed by atoms with Gasteiger partial charge in [0.05, 0.1) is 10.8 Å². The third-order valence-corrected chi connectivity index (χ3v) is 4.46. The maximum atomic E-state index is 11.9. The highest BCUT2D eigenvalue weighted by molar-refractivity contribution is 6.31. The van der Waals surface area contributed by atoms with Gasteiger partial charge in [0, 0.05) is 29.7 Å². The van der Waals surface area contributed by atoms with E-state index in [0.717, 1.165) is 0 Å². The van der Waals surface area contributed by atoms with Gasteiger partial charge in [0.1, 0.15) is 0 Å². The van der Waals surface area contributed by atoms with E-state index in [1.807, 2.05) is 0 Å². The smallest absolute Gasteiger partial charge is 0.315 e. The largest absolute Gasteiger partial charge is 0.481 e. The Morgan fingerprint density at radius 2 is 1.96 bits per heavy atom. The molecule has 0 bridgehead atoms. The number of halogens is 1. The molecule has 0 aromatic heterocycles. The number of nitro benzene ring substituents is 1. The van der Waals surface area contributed by atoms with Gasteiger partial charge in [-0.3, -0.25) is 14.9 Å². The quantitative estimate of drug-likeness (QED) is 0.553. The number of nitrogens with zero attached hydrogens (tertiary/aromatic N) is 1. The SMILES string of the molecule is O=C(NCc1cc([N+](=O)[O-])ccc1Cl)NC1CCC(C(=O)O)CC1. The van der Waals surface area contributed by atoms with Gasteiger partial charge in [-0.05, 0) is 37.3 Å². The lowest BCUT2D eigenvalue weighted by atomic mass is 9.86. The molecule has 1 aliphatic rings. The molecule has 8 nitrogen and oxygen atoms in total. The Morgan fingerprint density at radius 1 is 1.29 bits per heavy atom. The molecule has 0 unspecified atom stereocenters. The summed E-state index contributed by atoms with van der Waals surface area (Å²) in [6, 6.07) is 3.56. The van der Waals surface area contributed by atoms with Crippen molar-refractivity contribution in [1.82, 2.24) is 10.6 Å². The van der Waals surface area contributed by atoms with Gasteiger partial charge in [0.25, 0.3) is 5.69 Å². The number of amides is 2. The first-order chi connectivity index (χ1) is 11.4. The van der Waals surface area contributed by atoms with E-state index in [1.54, 1.807) is 0 Å². The number of urea groups is 1. The summed E-state index contributed by atoms with van der Waals surface area (Å²) in [6.45, 7) is 0.0663. The Hall–Kier alpha value is -2.35. The van der Waals surface area contributed by atoms with E-state index < -0.39 is 16.9 Å². The molecule has 0 radical (unpaired) electrons. The van der Waals surface area contributed by atoms with Crippen LogP contribution in [0.5, 0.6) is 0 Å². The Kier molecular flexibility index (Phi) is 5.97. The number of aliphatic carboxylic acids is 1. The van der Waals surface area contributed by atoms with E-state index in [-0.39, 0.29) is 24.2 Å². The van der Waals surface area contributed by atoms with Crippen molar-refractivity contribution in [2.45, 2.75) is 38.3 Å². The number of hydrogen-bond donors (Lipinski definition) is 3. The van der Waals surface area contributed by atoms with Crippen LogP contribution in [0.1, 0.15) is 31.2 Å². The monoisotopic (exact) mass is 355 g/mol. The predicted octanol–water partition coefficient (Wildman–Crippen LogP) is 2.69. The zero-order valence-electron chi connectivity index (χ0n) is 12.8. The summed E-state index contributed by atoms with van der Waals surface area (Å²) in [5.41, 5.74) is 0.360. The second kappa shape index (κ2) is 7.96. The highest BCUT2D eigenvalue weighted by Gasteiger charge is 2.26. The summed E-state index contributed by atoms with van der Waals surface area (Å²) < 4.78 is 0. The molecule has 0 spiro atoms. The second-order valence-electron chi connectivity index (χ2n) is 5.75. The predicted molar refractivity (Wildman–Crippen MR) is 86.9 cm³/mol. The van der Waals surface area contributed by atoms with Crippen molar-refractivity contribution >= 4 is 29.3 Å². The number of nitrogens with one attached hydrogen (secondary N) is 2. The van der Waals surface area contributed by atoms with Crippen molar-refractivity contribution in [3.63, 3.8) is 0 Å². The van der Waals surface area contributed by atoms with Crippen LogP contribution in [0.3, 0.4) is 0 Å². The van der Waals surface area contributed by atoms with E-state index in [0.29, 0.717) is 36.3 Å². The summed E-state index contributed by atoms with van der Waals surface area (Å²) in [6.07, 6.45) is 2.30. The zero-order chi connectivity index (χ0) is 17.7. The normalized spacial score (nSPS) is 20.2. The minimum atomic E-state index is -0.793. The summed E-state index contributed by atoms with van der Waals surface area (Å²) in [5.74, 6) is -1.13. The highest BCUT2D eigenvalue weighted by Crippen LogP contribution is 2.24. The maximum Gasteiger partial charge on any atom is 0.315 e. The van der Waals surface area contributed by atoms with Crippen LogP contribution in [0.4, 0.5) is 10.5 Å². The molecule has 24 heavy (non-hydrogen) atoms. The lowest BCUT2D eigenvalue weighted by Crippen LogP contribution is -2.43. The first-order valence-corrected chi connectivity index (χ1v) is 7.94. The fourth-order valence-electron chi connectivity index (χ4n) is 2.71. The minimum absolute atomic E-state index is 0.0663. The first kappa shape index (κ1) is 18.0. The van der Waals surface area contributed by atoms with Crippen molar-refractivity contribution in [2.24, 2.45) is 5.92 Å². The minimum Gasteiger partial charge on any atom is -0.481 e. The Balaban J connectivity index is 1.83. The van der Waals surface area contributed by atoms with Crippen LogP contribution in [0.15, 0.2) is 18.2 Å². The summed E-state index contributed by atoms with van der Waals surface area (Å²) in [5, 5.41) is 25.4. The van der Waals surface area contributed by atoms with E-state index in [9.17, 15) is 19.7 Å². The van der Waals surface area contributed by atoms with Crippen LogP contribution in [0.2, 0.25) is 5.02 Å². The van der Waals surface area contributed by atoms with E-state index in [4.69, 9.17) is 16.7 Å². The molecular formula is C15H18ClN3O5. The molecule has 2 amide bonds. The number of carboxylic acids is 1. The molecule has 0 saturated heterocycles. The number of carbonyl (C=O) groups is 2. The molecule has 3 N–H and O–H groups in total. The van der Waals surface area contributed by atoms with Gasteiger partial charge in [-0.2, -0.15) is 0 Å². The molecule has 0 atom stereocenters. The Morgan fingerprint density at radius 3 is 2.54 bits per heavy atom. The van der Waals surface area contributed by atoms with Crippen LogP contribution < -0.4 is 10.6 Å². The zero-order valence-corrected chi connectivity index (χ0v) is 13.6. The molecule has 130 valence electrons. The molecule has 2 rings (SSSR count). The molecule has 0 aliphatic heterocycles. The number of non-ortho nitro benzene ring substituents is 1. The summed E-state index contributed by atoms with van der Waals surface area (Å²) in [4.78, 5) is 33.0. The molecule has 1 fully saturated rings. The number of nitro groups is 1. The fraction of sp³-hybridized carbons (Fsp3) is 0.467. The average Bonchev–Trinajstić information content (AvgIpc) is 2.54. The number of rotatable bonds is 5. The third kappa shape index (κ3) is 4.82. The Labute approximate surface area is 143 Å². The molecular weight excluding hydrogens is 338 g/mol. The van der Waals surface area contributed by atoms with Crippen LogP contribution in [0, 0.1) is 16.0 Å². The lowest BCUT2D eigenvalue weighted by Gasteiger charge is -2.26. The van der Waals surface area contributed by atoms with E-state index in [2.05, 4.69) is 10.6 Å². The molecule has 9 heteroatoms. The maximum absolute atomic E-state index is 11.9. The fourth-order valence-corrected chi connectivity index (χ4v) is 2.89. The van der Waals surface area contributed by atoms with Crippen molar-refractivity contribution in [1.29, 1.82) is 0 Å². The topological polar surface area (TPSA) is 122 Å². The molecule has 0 heterocycles. The standard InChI is InChI=1S/C15H18ClN3O5/c16-13-6-5-12(19(23)24)7-10(13)8-17-15(22)18-11-3-1-9(2-4-11)14(20)21/h5-7,9,11H,1-4,8H2,(H,20,21)(H2,17,18,22). The second-order valence-corrected chi connectivity index (χ2v) is 6.15. The van der Waals surface area contributed by atoms with Crippen LogP contribution in [-0.2, 0) is 11.3 Å². The van der Waals surface area contributed by atoms with Crippen LogP contribution in [-0.4, -0.2) is 28.1 Å². The van der Waals surface area contributed by atoms with E-state index >= 15 is 0 Å². The van der Waals surface area contributed by atoms with Gasteiger partial charge in [-0.25, -0.2) is 4.79 Å². The average molecular weight is 356 g/mol. The molecule has 1 saturated carbocycles. The third-order valence-electron chi connectivity index (χ3n) is 4.09. The first-order valence-electron chi connectivity index (χ1n) is 7.57. The van der Waals surface area contributed by atoms with Crippen molar-refractivity contribution in [3.8, 4) is 0 Å². The lowest BCUT2D eigenvalue weighted by molar-refractivity contribution is -0.384. The van der Waals surface area contributed by atoms with Crippen LogP contribution >= 0.6 is 11.6 Å². The van der Waals surface area contributed by atoms with Gasteiger partial charge in [0.15, 0.2) is 0 Å². The number of carboxylic acid groups (broad SMARTS) is 1. The number of carbonyl (C=O) groups excluding carboxylic acids is 1. The molecule has 1 aliphatic carbocycles. The Bertz CT molecular complexity index is 644. The van der Waals surface area contributed by atoms with Crippen LogP contribution in [0.25, 0.3) is 0 Å². The van der Waals surface area contributed by atoms with Gasteiger partial charge < -0.3 is 15.7 Å². The van der Waals surface area contributed by atoms with Crippen molar-refractivity contribution < 1.29 is 19.6 Å². The van der Waals surface area contributed by atoms with Gasteiger partial charge in [-0.15, -0.1) is 0 Å². The highest BCUT2D eigenvalue weighted by atomic mass is 35.5. The summed E-state index contributed by atoms with van der Waals surface area (Å²) in [7, 11) is 0. The number of benzene rings is 1. The molecule has 1 aromatic rings. The number of hydrogen-bond acceptors (Lipinski definition) is 4. The molecule has 1 aromatic carbocycles. The van der Waals surface area contributed by atoms with Crippen molar-refractivity contribution in [3.05, 3.63) is 38.9 Å². The van der Waals surface area contributed by atoms with Gasteiger partial charge in [0.2, 0.25) is 0 Å². The van der Waals surface area contributed by atoms with Crippen molar-refractivity contribution in [2.75, 3.05) is 0 Å². The summed E-state index contributed by atoms with van der Waals surface area (Å²) >= 11 is 5.97. The van der Waals surface area contributed by atoms with E-state index in [1.165, 1.54) is 18.2 Å². The van der Waals surface area contributed by atoms with Gasteiger partial charge in [-0.1, -0.05) is 11.6 Å². The van der Waals surface area contributed by atoms with Gasteiger partial charge >= 0.3 is 12.0 Å².